The maximum Gasteiger partial charge on any atom is 0.223 e. The molecule has 0 saturated carbocycles. The summed E-state index contributed by atoms with van der Waals surface area (Å²) in [7, 11) is 0. The highest BCUT2D eigenvalue weighted by Crippen LogP contribution is 2.31. The zero-order valence-electron chi connectivity index (χ0n) is 8.75. The van der Waals surface area contributed by atoms with Gasteiger partial charge in [-0.3, -0.25) is 4.79 Å². The average Bonchev–Trinajstić information content (AvgIpc) is 2.67. The number of amides is 1. The lowest BCUT2D eigenvalue weighted by Gasteiger charge is -2.20. The maximum atomic E-state index is 10.8. The third-order valence-corrected chi connectivity index (χ3v) is 3.62. The fourth-order valence-electron chi connectivity index (χ4n) is 1.79. The Morgan fingerprint density at radius 2 is 2.33 bits per heavy atom. The first-order valence-corrected chi connectivity index (χ1v) is 6.01. The third kappa shape index (κ3) is 2.76. The summed E-state index contributed by atoms with van der Waals surface area (Å²) < 4.78 is 0. The Kier molecular flexibility index (Phi) is 3.33. The first-order chi connectivity index (χ1) is 7.25. The van der Waals surface area contributed by atoms with Gasteiger partial charge in [0.15, 0.2) is 5.13 Å². The van der Waals surface area contributed by atoms with Crippen molar-refractivity contribution in [1.29, 1.82) is 0 Å². The number of hydrogen-bond acceptors (Lipinski definition) is 4. The van der Waals surface area contributed by atoms with Gasteiger partial charge in [0.1, 0.15) is 0 Å². The van der Waals surface area contributed by atoms with Gasteiger partial charge in [0.25, 0.3) is 0 Å². The van der Waals surface area contributed by atoms with Gasteiger partial charge in [0.2, 0.25) is 5.91 Å². The molecule has 0 spiro atoms. The van der Waals surface area contributed by atoms with Crippen LogP contribution in [0.5, 0.6) is 0 Å². The number of nitrogens with one attached hydrogen (secondary N) is 2. The van der Waals surface area contributed by atoms with E-state index < -0.39 is 0 Å². The maximum absolute atomic E-state index is 10.8. The number of rotatable bonds is 2. The molecule has 0 unspecified atom stereocenters. The summed E-state index contributed by atoms with van der Waals surface area (Å²) in [6.45, 7) is 3.67. The summed E-state index contributed by atoms with van der Waals surface area (Å²) in [6.07, 6.45) is 4.23. The molecule has 2 N–H and O–H groups in total. The molecule has 5 heteroatoms. The second-order valence-electron chi connectivity index (χ2n) is 3.77. The second kappa shape index (κ2) is 4.72. The lowest BCUT2D eigenvalue weighted by Crippen LogP contribution is -2.26. The van der Waals surface area contributed by atoms with E-state index in [1.807, 2.05) is 6.20 Å². The van der Waals surface area contributed by atoms with E-state index in [0.717, 1.165) is 18.2 Å². The Morgan fingerprint density at radius 3 is 3.00 bits per heavy atom. The number of piperidine rings is 1. The number of thiazole rings is 1. The molecule has 82 valence electrons. The van der Waals surface area contributed by atoms with E-state index in [2.05, 4.69) is 15.6 Å². The molecule has 1 aromatic rings. The largest absolute Gasteiger partial charge is 0.317 e. The molecule has 2 heterocycles. The first-order valence-electron chi connectivity index (χ1n) is 5.20. The van der Waals surface area contributed by atoms with Gasteiger partial charge in [-0.05, 0) is 31.8 Å². The van der Waals surface area contributed by atoms with Gasteiger partial charge in [-0.15, -0.1) is 11.3 Å². The summed E-state index contributed by atoms with van der Waals surface area (Å²) in [5, 5.41) is 6.77. The van der Waals surface area contributed by atoms with Gasteiger partial charge in [-0.2, -0.15) is 0 Å². The zero-order chi connectivity index (χ0) is 10.7. The third-order valence-electron chi connectivity index (χ3n) is 2.55. The van der Waals surface area contributed by atoms with Gasteiger partial charge in [-0.1, -0.05) is 0 Å². The topological polar surface area (TPSA) is 54.0 Å². The number of anilines is 1. The number of aromatic nitrogens is 1. The molecule has 15 heavy (non-hydrogen) atoms. The van der Waals surface area contributed by atoms with E-state index in [9.17, 15) is 4.79 Å². The monoisotopic (exact) mass is 225 g/mol. The lowest BCUT2D eigenvalue weighted by molar-refractivity contribution is -0.114. The standard InChI is InChI=1S/C10H15N3OS/c1-7(14)13-10-12-6-9(15-10)8-2-4-11-5-3-8/h6,8,11H,2-5H2,1H3,(H,12,13,14). The highest BCUT2D eigenvalue weighted by Gasteiger charge is 2.17. The predicted molar refractivity (Wildman–Crippen MR) is 61.3 cm³/mol. The van der Waals surface area contributed by atoms with Crippen molar-refractivity contribution >= 4 is 22.4 Å². The fourth-order valence-corrected chi connectivity index (χ4v) is 2.82. The van der Waals surface area contributed by atoms with Crippen LogP contribution in [0.2, 0.25) is 0 Å². The molecular formula is C10H15N3OS. The fraction of sp³-hybridized carbons (Fsp3) is 0.600. The molecule has 1 saturated heterocycles. The molecule has 0 atom stereocenters. The molecule has 4 nitrogen and oxygen atoms in total. The van der Waals surface area contributed by atoms with Crippen molar-refractivity contribution in [2.75, 3.05) is 18.4 Å². The smallest absolute Gasteiger partial charge is 0.223 e. The van der Waals surface area contributed by atoms with Crippen molar-refractivity contribution in [2.45, 2.75) is 25.7 Å². The molecule has 1 fully saturated rings. The zero-order valence-corrected chi connectivity index (χ0v) is 9.56. The number of hydrogen-bond donors (Lipinski definition) is 2. The molecule has 0 bridgehead atoms. The van der Waals surface area contributed by atoms with Crippen LogP contribution >= 0.6 is 11.3 Å². The minimum Gasteiger partial charge on any atom is -0.317 e. The Balaban J connectivity index is 2.02. The Morgan fingerprint density at radius 1 is 1.60 bits per heavy atom. The van der Waals surface area contributed by atoms with Crippen LogP contribution in [0.1, 0.15) is 30.6 Å². The summed E-state index contributed by atoms with van der Waals surface area (Å²) in [4.78, 5) is 16.3. The van der Waals surface area contributed by atoms with E-state index in [4.69, 9.17) is 0 Å². The van der Waals surface area contributed by atoms with Crippen LogP contribution in [-0.2, 0) is 4.79 Å². The molecule has 1 aliphatic heterocycles. The normalized spacial score (nSPS) is 17.7. The highest BCUT2D eigenvalue weighted by molar-refractivity contribution is 7.15. The highest BCUT2D eigenvalue weighted by atomic mass is 32.1. The molecule has 1 aromatic heterocycles. The number of carbonyl (C=O) groups excluding carboxylic acids is 1. The van der Waals surface area contributed by atoms with Crippen LogP contribution in [0.25, 0.3) is 0 Å². The van der Waals surface area contributed by atoms with Crippen LogP contribution in [0, 0.1) is 0 Å². The lowest BCUT2D eigenvalue weighted by atomic mass is 9.97. The van der Waals surface area contributed by atoms with Crippen LogP contribution in [0.3, 0.4) is 0 Å². The molecule has 1 aliphatic rings. The number of nitrogens with zero attached hydrogens (tertiary/aromatic N) is 1. The van der Waals surface area contributed by atoms with Gasteiger partial charge in [0, 0.05) is 18.0 Å². The van der Waals surface area contributed by atoms with Crippen LogP contribution in [-0.4, -0.2) is 24.0 Å². The molecule has 0 aliphatic carbocycles. The van der Waals surface area contributed by atoms with Gasteiger partial charge < -0.3 is 10.6 Å². The van der Waals surface area contributed by atoms with Crippen molar-refractivity contribution < 1.29 is 4.79 Å². The summed E-state index contributed by atoms with van der Waals surface area (Å²) in [5.41, 5.74) is 0. The quantitative estimate of drug-likeness (QED) is 0.803. The van der Waals surface area contributed by atoms with Crippen LogP contribution < -0.4 is 10.6 Å². The van der Waals surface area contributed by atoms with E-state index >= 15 is 0 Å². The van der Waals surface area contributed by atoms with Crippen LogP contribution in [0.15, 0.2) is 6.20 Å². The van der Waals surface area contributed by atoms with Gasteiger partial charge in [-0.25, -0.2) is 4.98 Å². The summed E-state index contributed by atoms with van der Waals surface area (Å²) in [6, 6.07) is 0. The van der Waals surface area contributed by atoms with Crippen LogP contribution in [0.4, 0.5) is 5.13 Å². The van der Waals surface area contributed by atoms with E-state index in [1.165, 1.54) is 24.6 Å². The van der Waals surface area contributed by atoms with Crippen molar-refractivity contribution in [2.24, 2.45) is 0 Å². The second-order valence-corrected chi connectivity index (χ2v) is 4.84. The Hall–Kier alpha value is -0.940. The predicted octanol–water partition coefficient (Wildman–Crippen LogP) is 1.57. The first kappa shape index (κ1) is 10.6. The average molecular weight is 225 g/mol. The minimum absolute atomic E-state index is 0.0544. The van der Waals surface area contributed by atoms with Crippen molar-refractivity contribution in [3.05, 3.63) is 11.1 Å². The summed E-state index contributed by atoms with van der Waals surface area (Å²) >= 11 is 1.60. The molecule has 1 amide bonds. The van der Waals surface area contributed by atoms with E-state index in [-0.39, 0.29) is 5.91 Å². The number of carbonyl (C=O) groups is 1. The molecular weight excluding hydrogens is 210 g/mol. The van der Waals surface area contributed by atoms with E-state index in [1.54, 1.807) is 11.3 Å². The molecule has 0 radical (unpaired) electrons. The molecule has 0 aromatic carbocycles. The van der Waals surface area contributed by atoms with Gasteiger partial charge >= 0.3 is 0 Å². The van der Waals surface area contributed by atoms with Crippen molar-refractivity contribution in [3.8, 4) is 0 Å². The SMILES string of the molecule is CC(=O)Nc1ncc(C2CCNCC2)s1. The summed E-state index contributed by atoms with van der Waals surface area (Å²) in [5.74, 6) is 0.562. The molecule has 2 rings (SSSR count). The van der Waals surface area contributed by atoms with Gasteiger partial charge in [0.05, 0.1) is 0 Å². The van der Waals surface area contributed by atoms with E-state index in [0.29, 0.717) is 5.92 Å². The van der Waals surface area contributed by atoms with Crippen molar-refractivity contribution in [3.63, 3.8) is 0 Å². The Labute approximate surface area is 93.1 Å². The Bertz CT molecular complexity index is 344. The van der Waals surface area contributed by atoms with Crippen molar-refractivity contribution in [1.82, 2.24) is 10.3 Å². The minimum atomic E-state index is -0.0544.